The highest BCUT2D eigenvalue weighted by Gasteiger charge is 2.45. The first-order valence-electron chi connectivity index (χ1n) is 8.90. The van der Waals surface area contributed by atoms with Crippen LogP contribution in [0.1, 0.15) is 38.2 Å². The van der Waals surface area contributed by atoms with Crippen LogP contribution < -0.4 is 0 Å². The lowest BCUT2D eigenvalue weighted by molar-refractivity contribution is -0.0728. The summed E-state index contributed by atoms with van der Waals surface area (Å²) in [4.78, 5) is 2.46. The first-order chi connectivity index (χ1) is 11.2. The van der Waals surface area contributed by atoms with E-state index in [0.29, 0.717) is 5.92 Å². The molecular formula is C19H28FNO2. The van der Waals surface area contributed by atoms with Gasteiger partial charge in [-0.15, -0.1) is 0 Å². The molecule has 2 fully saturated rings. The number of rotatable bonds is 6. The second kappa shape index (κ2) is 7.73. The Morgan fingerprint density at radius 1 is 1.26 bits per heavy atom. The predicted molar refractivity (Wildman–Crippen MR) is 88.8 cm³/mol. The molecule has 0 radical (unpaired) electrons. The standard InChI is InChI=1S/C19H28FNO2/c1-2-22-13-7-17-8-14-23-19(17)9-11-21(12-10-19)15-16-3-5-18(20)6-4-16/h3-6,17H,2,7-15H2,1H3/t17-/m1/s1. The Labute approximate surface area is 138 Å². The lowest BCUT2D eigenvalue weighted by atomic mass is 9.78. The van der Waals surface area contributed by atoms with Gasteiger partial charge in [-0.1, -0.05) is 12.1 Å². The fraction of sp³-hybridized carbons (Fsp3) is 0.684. The van der Waals surface area contributed by atoms with Crippen molar-refractivity contribution in [3.8, 4) is 0 Å². The fourth-order valence-electron chi connectivity index (χ4n) is 4.05. The molecule has 0 saturated carbocycles. The Balaban J connectivity index is 1.51. The van der Waals surface area contributed by atoms with Crippen molar-refractivity contribution in [2.75, 3.05) is 32.9 Å². The van der Waals surface area contributed by atoms with E-state index in [4.69, 9.17) is 9.47 Å². The summed E-state index contributed by atoms with van der Waals surface area (Å²) >= 11 is 0. The van der Waals surface area contributed by atoms with Gasteiger partial charge in [0.2, 0.25) is 0 Å². The average Bonchev–Trinajstić information content (AvgIpc) is 2.95. The highest BCUT2D eigenvalue weighted by molar-refractivity contribution is 5.16. The molecule has 1 aromatic rings. The van der Waals surface area contributed by atoms with Gasteiger partial charge in [-0.2, -0.15) is 0 Å². The topological polar surface area (TPSA) is 21.7 Å². The maximum absolute atomic E-state index is 13.0. The molecule has 0 amide bonds. The normalized spacial score (nSPS) is 24.3. The van der Waals surface area contributed by atoms with Gasteiger partial charge in [-0.05, 0) is 56.2 Å². The van der Waals surface area contributed by atoms with E-state index in [0.717, 1.165) is 58.7 Å². The zero-order valence-corrected chi connectivity index (χ0v) is 14.1. The maximum Gasteiger partial charge on any atom is 0.123 e. The van der Waals surface area contributed by atoms with Gasteiger partial charge in [0.15, 0.2) is 0 Å². The largest absolute Gasteiger partial charge is 0.382 e. The van der Waals surface area contributed by atoms with E-state index < -0.39 is 0 Å². The number of halogens is 1. The van der Waals surface area contributed by atoms with Gasteiger partial charge in [-0.25, -0.2) is 4.39 Å². The third-order valence-corrected chi connectivity index (χ3v) is 5.44. The minimum absolute atomic E-state index is 0.0798. The minimum Gasteiger partial charge on any atom is -0.382 e. The van der Waals surface area contributed by atoms with E-state index >= 15 is 0 Å². The summed E-state index contributed by atoms with van der Waals surface area (Å²) in [5, 5.41) is 0. The number of likely N-dealkylation sites (tertiary alicyclic amines) is 1. The molecule has 1 atom stereocenters. The molecule has 0 bridgehead atoms. The monoisotopic (exact) mass is 321 g/mol. The summed E-state index contributed by atoms with van der Waals surface area (Å²) in [5.74, 6) is 0.477. The molecular weight excluding hydrogens is 293 g/mol. The van der Waals surface area contributed by atoms with Crippen LogP contribution in [0.5, 0.6) is 0 Å². The lowest BCUT2D eigenvalue weighted by Gasteiger charge is -2.42. The van der Waals surface area contributed by atoms with E-state index in [2.05, 4.69) is 11.8 Å². The van der Waals surface area contributed by atoms with Gasteiger partial charge in [0.25, 0.3) is 0 Å². The van der Waals surface area contributed by atoms with Gasteiger partial charge in [0.05, 0.1) is 5.60 Å². The highest BCUT2D eigenvalue weighted by atomic mass is 19.1. The Morgan fingerprint density at radius 2 is 2.00 bits per heavy atom. The molecule has 0 aromatic heterocycles. The maximum atomic E-state index is 13.0. The van der Waals surface area contributed by atoms with Crippen LogP contribution in [0.25, 0.3) is 0 Å². The summed E-state index contributed by atoms with van der Waals surface area (Å²) < 4.78 is 24.7. The molecule has 0 N–H and O–H groups in total. The van der Waals surface area contributed by atoms with Crippen molar-refractivity contribution in [2.24, 2.45) is 5.92 Å². The van der Waals surface area contributed by atoms with Crippen molar-refractivity contribution in [1.82, 2.24) is 4.90 Å². The Kier molecular flexibility index (Phi) is 5.67. The van der Waals surface area contributed by atoms with Gasteiger partial charge in [0.1, 0.15) is 5.82 Å². The Morgan fingerprint density at radius 3 is 2.70 bits per heavy atom. The molecule has 2 aliphatic rings. The number of nitrogens with zero attached hydrogens (tertiary/aromatic N) is 1. The highest BCUT2D eigenvalue weighted by Crippen LogP contribution is 2.42. The number of hydrogen-bond donors (Lipinski definition) is 0. The zero-order chi connectivity index (χ0) is 16.1. The summed E-state index contributed by atoms with van der Waals surface area (Å²) in [6.45, 7) is 7.62. The van der Waals surface area contributed by atoms with Crippen LogP contribution in [-0.4, -0.2) is 43.4 Å². The van der Waals surface area contributed by atoms with Gasteiger partial charge >= 0.3 is 0 Å². The minimum atomic E-state index is -0.164. The third-order valence-electron chi connectivity index (χ3n) is 5.44. The molecule has 128 valence electrons. The van der Waals surface area contributed by atoms with Crippen LogP contribution in [0.15, 0.2) is 24.3 Å². The fourth-order valence-corrected chi connectivity index (χ4v) is 4.05. The third kappa shape index (κ3) is 4.11. The molecule has 23 heavy (non-hydrogen) atoms. The van der Waals surface area contributed by atoms with Gasteiger partial charge < -0.3 is 9.47 Å². The second-order valence-corrected chi connectivity index (χ2v) is 6.79. The van der Waals surface area contributed by atoms with Crippen molar-refractivity contribution in [2.45, 2.75) is 44.8 Å². The average molecular weight is 321 g/mol. The quantitative estimate of drug-likeness (QED) is 0.747. The Bertz CT molecular complexity index is 483. The second-order valence-electron chi connectivity index (χ2n) is 6.79. The number of ether oxygens (including phenoxy) is 2. The van der Waals surface area contributed by atoms with Crippen LogP contribution in [-0.2, 0) is 16.0 Å². The Hall–Kier alpha value is -0.970. The van der Waals surface area contributed by atoms with Crippen LogP contribution in [0, 0.1) is 11.7 Å². The van der Waals surface area contributed by atoms with Gasteiger partial charge in [-0.3, -0.25) is 4.90 Å². The van der Waals surface area contributed by atoms with E-state index in [1.807, 2.05) is 12.1 Å². The molecule has 2 heterocycles. The van der Waals surface area contributed by atoms with Crippen molar-refractivity contribution >= 4 is 0 Å². The number of piperidine rings is 1. The van der Waals surface area contributed by atoms with E-state index in [1.54, 1.807) is 12.1 Å². The zero-order valence-electron chi connectivity index (χ0n) is 14.1. The number of benzene rings is 1. The van der Waals surface area contributed by atoms with Crippen LogP contribution in [0.2, 0.25) is 0 Å². The lowest BCUT2D eigenvalue weighted by Crippen LogP contribution is -2.47. The molecule has 3 nitrogen and oxygen atoms in total. The molecule has 0 unspecified atom stereocenters. The molecule has 1 spiro atoms. The van der Waals surface area contributed by atoms with E-state index in [-0.39, 0.29) is 11.4 Å². The summed E-state index contributed by atoms with van der Waals surface area (Å²) in [6.07, 6.45) is 4.49. The molecule has 3 rings (SSSR count). The first-order valence-corrected chi connectivity index (χ1v) is 8.90. The molecule has 2 aliphatic heterocycles. The molecule has 4 heteroatoms. The van der Waals surface area contributed by atoms with Crippen molar-refractivity contribution in [1.29, 1.82) is 0 Å². The van der Waals surface area contributed by atoms with Crippen molar-refractivity contribution in [3.63, 3.8) is 0 Å². The van der Waals surface area contributed by atoms with Crippen molar-refractivity contribution in [3.05, 3.63) is 35.6 Å². The van der Waals surface area contributed by atoms with Crippen LogP contribution >= 0.6 is 0 Å². The first kappa shape index (κ1) is 16.9. The van der Waals surface area contributed by atoms with E-state index in [9.17, 15) is 4.39 Å². The predicted octanol–water partition coefficient (Wildman–Crippen LogP) is 3.62. The van der Waals surface area contributed by atoms with Crippen molar-refractivity contribution < 1.29 is 13.9 Å². The molecule has 2 saturated heterocycles. The molecule has 0 aliphatic carbocycles. The number of hydrogen-bond acceptors (Lipinski definition) is 3. The van der Waals surface area contributed by atoms with Gasteiger partial charge in [0, 0.05) is 39.5 Å². The summed E-state index contributed by atoms with van der Waals surface area (Å²) in [5.41, 5.74) is 1.26. The van der Waals surface area contributed by atoms with Crippen LogP contribution in [0.3, 0.4) is 0 Å². The van der Waals surface area contributed by atoms with E-state index in [1.165, 1.54) is 12.0 Å². The molecule has 1 aromatic carbocycles. The smallest absolute Gasteiger partial charge is 0.123 e. The summed E-state index contributed by atoms with van der Waals surface area (Å²) in [7, 11) is 0. The summed E-state index contributed by atoms with van der Waals surface area (Å²) in [6, 6.07) is 6.86. The SMILES string of the molecule is CCOCC[C@@H]1CCOC12CCN(Cc1ccc(F)cc1)CC2. The van der Waals surface area contributed by atoms with Crippen LogP contribution in [0.4, 0.5) is 4.39 Å².